The lowest BCUT2D eigenvalue weighted by atomic mass is 9.74. The van der Waals surface area contributed by atoms with Crippen molar-refractivity contribution < 1.29 is 14.2 Å². The van der Waals surface area contributed by atoms with Crippen molar-refractivity contribution in [3.63, 3.8) is 0 Å². The largest absolute Gasteiger partial charge is 0.497 e. The van der Waals surface area contributed by atoms with E-state index in [4.69, 9.17) is 4.74 Å². The van der Waals surface area contributed by atoms with Crippen LogP contribution in [-0.4, -0.2) is 48.3 Å². The normalized spacial score (nSPS) is 17.1. The number of hydrogen-bond acceptors (Lipinski definition) is 4. The molecule has 2 heterocycles. The van der Waals surface area contributed by atoms with E-state index in [9.17, 15) is 5.11 Å². The molecule has 4 rings (SSSR count). The van der Waals surface area contributed by atoms with Crippen LogP contribution in [0.25, 0.3) is 10.9 Å². The van der Waals surface area contributed by atoms with Gasteiger partial charge in [-0.3, -0.25) is 4.98 Å². The molecule has 0 saturated carbocycles. The molecule has 1 fully saturated rings. The average Bonchev–Trinajstić information content (AvgIpc) is 2.88. The molecule has 1 unspecified atom stereocenters. The van der Waals surface area contributed by atoms with Gasteiger partial charge in [-0.25, -0.2) is 4.39 Å². The fraction of sp³-hybridized carbons (Fsp3) is 0.483. The van der Waals surface area contributed by atoms with Crippen molar-refractivity contribution in [3.8, 4) is 5.75 Å². The van der Waals surface area contributed by atoms with Crippen molar-refractivity contribution in [1.29, 1.82) is 0 Å². The maximum atomic E-state index is 15.7. The molecule has 1 atom stereocenters. The maximum absolute atomic E-state index is 15.7. The number of halogens is 1. The molecule has 182 valence electrons. The number of alkyl halides is 1. The SMILES string of the molecule is COc1ccc2ncc(C)c(C(F)CCC3(CO)CCN(CCCc4ccccc4)CC3)c2c1. The Morgan fingerprint density at radius 2 is 1.91 bits per heavy atom. The minimum absolute atomic E-state index is 0.126. The molecule has 1 aliphatic heterocycles. The number of fused-ring (bicyclic) bond motifs is 1. The third-order valence-electron chi connectivity index (χ3n) is 7.59. The smallest absolute Gasteiger partial charge is 0.126 e. The summed E-state index contributed by atoms with van der Waals surface area (Å²) in [7, 11) is 1.62. The maximum Gasteiger partial charge on any atom is 0.126 e. The van der Waals surface area contributed by atoms with Gasteiger partial charge in [-0.1, -0.05) is 30.3 Å². The number of rotatable bonds is 10. The zero-order valence-corrected chi connectivity index (χ0v) is 20.5. The molecule has 0 bridgehead atoms. The van der Waals surface area contributed by atoms with E-state index in [-0.39, 0.29) is 12.0 Å². The first-order valence-electron chi connectivity index (χ1n) is 12.5. The number of benzene rings is 2. The Labute approximate surface area is 202 Å². The van der Waals surface area contributed by atoms with Crippen molar-refractivity contribution in [1.82, 2.24) is 9.88 Å². The van der Waals surface area contributed by atoms with Gasteiger partial charge in [0.15, 0.2) is 0 Å². The van der Waals surface area contributed by atoms with Crippen LogP contribution in [0.2, 0.25) is 0 Å². The van der Waals surface area contributed by atoms with E-state index in [2.05, 4.69) is 40.2 Å². The third kappa shape index (κ3) is 5.76. The van der Waals surface area contributed by atoms with Gasteiger partial charge < -0.3 is 14.7 Å². The second kappa shape index (κ2) is 11.3. The van der Waals surface area contributed by atoms with Gasteiger partial charge in [-0.05, 0) is 105 Å². The summed E-state index contributed by atoms with van der Waals surface area (Å²) in [6, 6.07) is 16.2. The van der Waals surface area contributed by atoms with Gasteiger partial charge in [0.25, 0.3) is 0 Å². The molecular formula is C29H37FN2O2. The second-order valence-electron chi connectivity index (χ2n) is 9.83. The van der Waals surface area contributed by atoms with Gasteiger partial charge in [-0.2, -0.15) is 0 Å². The summed E-state index contributed by atoms with van der Waals surface area (Å²) >= 11 is 0. The molecule has 1 saturated heterocycles. The second-order valence-corrected chi connectivity index (χ2v) is 9.83. The van der Waals surface area contributed by atoms with Crippen LogP contribution in [0.15, 0.2) is 54.7 Å². The van der Waals surface area contributed by atoms with Crippen molar-refractivity contribution in [2.75, 3.05) is 33.4 Å². The number of aliphatic hydroxyl groups is 1. The number of aromatic nitrogens is 1. The molecule has 0 aliphatic carbocycles. The number of methoxy groups -OCH3 is 1. The van der Waals surface area contributed by atoms with Gasteiger partial charge >= 0.3 is 0 Å². The number of ether oxygens (including phenoxy) is 1. The molecule has 5 heteroatoms. The standard InChI is InChI=1S/C29H37FN2O2/c1-22-20-31-27-11-10-24(34-2)19-25(27)28(22)26(30)12-13-29(21-33)14-17-32(18-15-29)16-6-9-23-7-4-3-5-8-23/h3-5,7-8,10-11,19-20,26,33H,6,9,12-18,21H2,1-2H3. The van der Waals surface area contributed by atoms with Crippen molar-refractivity contribution in [3.05, 3.63) is 71.4 Å². The number of nitrogens with zero attached hydrogens (tertiary/aromatic N) is 2. The zero-order valence-electron chi connectivity index (χ0n) is 20.5. The fourth-order valence-corrected chi connectivity index (χ4v) is 5.30. The van der Waals surface area contributed by atoms with Crippen molar-refractivity contribution in [2.24, 2.45) is 5.41 Å². The van der Waals surface area contributed by atoms with E-state index in [1.54, 1.807) is 13.3 Å². The first kappa shape index (κ1) is 24.6. The summed E-state index contributed by atoms with van der Waals surface area (Å²) in [6.45, 7) is 5.07. The predicted octanol–water partition coefficient (Wildman–Crippen LogP) is 6.05. The number of aryl methyl sites for hydroxylation is 2. The summed E-state index contributed by atoms with van der Waals surface area (Å²) in [5.74, 6) is 0.708. The van der Waals surface area contributed by atoms with Gasteiger partial charge in [0.1, 0.15) is 11.9 Å². The first-order chi connectivity index (χ1) is 16.5. The summed E-state index contributed by atoms with van der Waals surface area (Å²) in [4.78, 5) is 6.96. The molecule has 2 aromatic carbocycles. The minimum atomic E-state index is -1.09. The van der Waals surface area contributed by atoms with Crippen molar-refractivity contribution >= 4 is 10.9 Å². The summed E-state index contributed by atoms with van der Waals surface area (Å²) in [5.41, 5.74) is 3.55. The van der Waals surface area contributed by atoms with Crippen LogP contribution in [0.5, 0.6) is 5.75 Å². The quantitative estimate of drug-likeness (QED) is 0.397. The molecule has 34 heavy (non-hydrogen) atoms. The number of aliphatic hydroxyl groups excluding tert-OH is 1. The molecule has 1 aromatic heterocycles. The van der Waals surface area contributed by atoms with Gasteiger partial charge in [0.2, 0.25) is 0 Å². The highest BCUT2D eigenvalue weighted by Gasteiger charge is 2.34. The van der Waals surface area contributed by atoms with Crippen LogP contribution in [-0.2, 0) is 6.42 Å². The molecule has 1 aliphatic rings. The monoisotopic (exact) mass is 464 g/mol. The highest BCUT2D eigenvalue weighted by Crippen LogP contribution is 2.41. The molecule has 3 aromatic rings. The van der Waals surface area contributed by atoms with Crippen LogP contribution in [0.4, 0.5) is 4.39 Å². The van der Waals surface area contributed by atoms with Gasteiger partial charge in [0.05, 0.1) is 12.6 Å². The molecule has 4 nitrogen and oxygen atoms in total. The summed E-state index contributed by atoms with van der Waals surface area (Å²) < 4.78 is 21.0. The van der Waals surface area contributed by atoms with E-state index in [0.29, 0.717) is 24.2 Å². The van der Waals surface area contributed by atoms with Gasteiger partial charge in [0, 0.05) is 18.2 Å². The molecule has 1 N–H and O–H groups in total. The predicted molar refractivity (Wildman–Crippen MR) is 136 cm³/mol. The Hall–Kier alpha value is -2.50. The third-order valence-corrected chi connectivity index (χ3v) is 7.59. The molecular weight excluding hydrogens is 427 g/mol. The first-order valence-corrected chi connectivity index (χ1v) is 12.5. The van der Waals surface area contributed by atoms with E-state index >= 15 is 4.39 Å². The Kier molecular flexibility index (Phi) is 8.17. The number of hydrogen-bond donors (Lipinski definition) is 1. The lowest BCUT2D eigenvalue weighted by Gasteiger charge is -2.41. The average molecular weight is 465 g/mol. The van der Waals surface area contributed by atoms with E-state index in [0.717, 1.165) is 61.8 Å². The summed E-state index contributed by atoms with van der Waals surface area (Å²) in [6.07, 6.45) is 5.84. The molecule has 0 radical (unpaired) electrons. The number of likely N-dealkylation sites (tertiary alicyclic amines) is 1. The highest BCUT2D eigenvalue weighted by atomic mass is 19.1. The minimum Gasteiger partial charge on any atom is -0.497 e. The van der Waals surface area contributed by atoms with Gasteiger partial charge in [-0.15, -0.1) is 0 Å². The summed E-state index contributed by atoms with van der Waals surface area (Å²) in [5, 5.41) is 11.1. The van der Waals surface area contributed by atoms with Crippen LogP contribution < -0.4 is 4.74 Å². The Morgan fingerprint density at radius 1 is 1.15 bits per heavy atom. The van der Waals surface area contributed by atoms with Crippen LogP contribution >= 0.6 is 0 Å². The van der Waals surface area contributed by atoms with E-state index in [1.165, 1.54) is 5.56 Å². The molecule has 0 spiro atoms. The van der Waals surface area contributed by atoms with E-state index in [1.807, 2.05) is 25.1 Å². The fourth-order valence-electron chi connectivity index (χ4n) is 5.30. The zero-order chi connectivity index (χ0) is 24.0. The van der Waals surface area contributed by atoms with Crippen LogP contribution in [0.3, 0.4) is 0 Å². The lowest BCUT2D eigenvalue weighted by Crippen LogP contribution is -2.42. The Morgan fingerprint density at radius 3 is 2.62 bits per heavy atom. The topological polar surface area (TPSA) is 45.6 Å². The van der Waals surface area contributed by atoms with Crippen LogP contribution in [0.1, 0.15) is 55.0 Å². The lowest BCUT2D eigenvalue weighted by molar-refractivity contribution is 0.0300. The van der Waals surface area contributed by atoms with Crippen molar-refractivity contribution in [2.45, 2.75) is 51.6 Å². The number of piperidine rings is 1. The highest BCUT2D eigenvalue weighted by molar-refractivity contribution is 5.84. The number of pyridine rings is 1. The van der Waals surface area contributed by atoms with E-state index < -0.39 is 6.17 Å². The van der Waals surface area contributed by atoms with Crippen LogP contribution in [0, 0.1) is 12.3 Å². The molecule has 0 amide bonds. The Balaban J connectivity index is 1.34. The Bertz CT molecular complexity index is 1060.